The molecule has 0 bridgehead atoms. The van der Waals surface area contributed by atoms with Crippen LogP contribution in [0.3, 0.4) is 0 Å². The number of hydrogen-bond donors (Lipinski definition) is 8. The molecule has 6 atom stereocenters. The summed E-state index contributed by atoms with van der Waals surface area (Å²) < 4.78 is 33.6. The summed E-state index contributed by atoms with van der Waals surface area (Å²) in [7, 11) is 0. The minimum absolute atomic E-state index is 0.0521. The van der Waals surface area contributed by atoms with E-state index in [1.165, 1.54) is 6.07 Å². The molecule has 6 unspecified atom stereocenters. The molecule has 0 aromatic heterocycles. The molecule has 4 aliphatic heterocycles. The zero-order valence-corrected chi connectivity index (χ0v) is 44.4. The summed E-state index contributed by atoms with van der Waals surface area (Å²) in [5, 5.41) is 26.6. The minimum Gasteiger partial charge on any atom is -0.379 e. The highest BCUT2D eigenvalue weighted by molar-refractivity contribution is 8.00. The van der Waals surface area contributed by atoms with Crippen molar-refractivity contribution in [2.24, 2.45) is 4.99 Å². The van der Waals surface area contributed by atoms with E-state index in [-0.39, 0.29) is 71.0 Å². The summed E-state index contributed by atoms with van der Waals surface area (Å²) in [6.45, 7) is 7.15. The highest BCUT2D eigenvalue weighted by Crippen LogP contribution is 2.34. The van der Waals surface area contributed by atoms with Gasteiger partial charge in [0.25, 0.3) is 11.8 Å². The lowest BCUT2D eigenvalue weighted by molar-refractivity contribution is -0.122. The highest BCUT2D eigenvalue weighted by atomic mass is 32.2. The van der Waals surface area contributed by atoms with Crippen LogP contribution in [0.4, 0.5) is 15.3 Å². The maximum absolute atomic E-state index is 13.0. The van der Waals surface area contributed by atoms with Gasteiger partial charge in [0, 0.05) is 98.6 Å². The van der Waals surface area contributed by atoms with Crippen LogP contribution in [0.5, 0.6) is 0 Å². The quantitative estimate of drug-likeness (QED) is 0.0203. The number of rotatable bonds is 41. The summed E-state index contributed by atoms with van der Waals surface area (Å²) in [4.78, 5) is 77.3. The maximum atomic E-state index is 13.0. The molecule has 0 aliphatic carbocycles. The van der Waals surface area contributed by atoms with Crippen LogP contribution in [0.25, 0.3) is 0 Å². The van der Waals surface area contributed by atoms with E-state index in [9.17, 15) is 28.8 Å². The summed E-state index contributed by atoms with van der Waals surface area (Å²) in [5.74, 6) is 1.28. The SMILES string of the molecule is O=C(CCCCC1SCC2NC(=O)NC21)NCCCOCCOCCOCCCNC(=O)c1cc(N=C=S)cc(C(=O)NCCCOCCOCCOCCCNC(=O)CCCCC2SCC3NC(=O)NC32)c1. The Morgan fingerprint density at radius 3 is 1.27 bits per heavy atom. The van der Waals surface area contributed by atoms with Crippen molar-refractivity contribution in [2.45, 2.75) is 112 Å². The maximum Gasteiger partial charge on any atom is 0.315 e. The first-order valence-electron chi connectivity index (χ1n) is 25.9. The first-order valence-corrected chi connectivity index (χ1v) is 28.4. The predicted octanol–water partition coefficient (Wildman–Crippen LogP) is 3.22. The zero-order chi connectivity index (χ0) is 51.7. The van der Waals surface area contributed by atoms with Crippen molar-refractivity contribution in [1.82, 2.24) is 42.5 Å². The van der Waals surface area contributed by atoms with E-state index < -0.39 is 0 Å². The molecule has 4 saturated heterocycles. The number of hydrogen-bond acceptors (Lipinski definition) is 16. The van der Waals surface area contributed by atoms with Gasteiger partial charge in [-0.25, -0.2) is 9.59 Å². The molecule has 5 rings (SSSR count). The first-order chi connectivity index (χ1) is 35.7. The number of isothiocyanates is 1. The topological polar surface area (TPSA) is 266 Å². The number of unbranched alkanes of at least 4 members (excludes halogenated alkanes) is 2. The molecule has 1 aromatic rings. The third kappa shape index (κ3) is 24.0. The Kier molecular flexibility index (Phi) is 29.5. The fraction of sp³-hybridized carbons (Fsp3) is 0.735. The number of amides is 8. The van der Waals surface area contributed by atoms with Gasteiger partial charge in [-0.3, -0.25) is 19.2 Å². The standard InChI is InChI=1S/C49H77N9O12S3/c59-42(11-3-1-9-40-44-38(32-72-40)55-48(63)57-44)50-13-5-17-65-21-25-69-27-23-67-19-7-15-52-46(61)35-29-36(31-37(30-35)54-34-71)47(62)53-16-8-20-68-24-28-70-26-22-66-18-6-14-51-43(60)12-4-2-10-41-45-39(33-73-41)56-49(64)58-45/h29-31,38-41,44-45H,1-28,32-33H2,(H,50,59)(H,51,60)(H,52,61)(H,53,62)(H2,55,57,63)(H2,56,58,64). The summed E-state index contributed by atoms with van der Waals surface area (Å²) in [5.41, 5.74) is 0.880. The average Bonchev–Trinajstić information content (AvgIpc) is 4.15. The van der Waals surface area contributed by atoms with Crippen LogP contribution in [0.2, 0.25) is 0 Å². The van der Waals surface area contributed by atoms with Crippen molar-refractivity contribution < 1.29 is 57.2 Å². The number of carbonyl (C=O) groups excluding carboxylic acids is 6. The molecule has 21 nitrogen and oxygen atoms in total. The van der Waals surface area contributed by atoms with Gasteiger partial charge in [-0.1, -0.05) is 12.8 Å². The number of carbonyl (C=O) groups is 6. The predicted molar refractivity (Wildman–Crippen MR) is 283 cm³/mol. The van der Waals surface area contributed by atoms with Crippen LogP contribution < -0.4 is 42.5 Å². The van der Waals surface area contributed by atoms with Crippen molar-refractivity contribution in [3.63, 3.8) is 0 Å². The van der Waals surface area contributed by atoms with Crippen LogP contribution in [0, 0.1) is 0 Å². The van der Waals surface area contributed by atoms with Crippen molar-refractivity contribution in [2.75, 3.05) is 117 Å². The van der Waals surface area contributed by atoms with Gasteiger partial charge in [-0.2, -0.15) is 28.5 Å². The molecule has 4 fully saturated rings. The van der Waals surface area contributed by atoms with Gasteiger partial charge >= 0.3 is 12.1 Å². The van der Waals surface area contributed by atoms with Gasteiger partial charge in [0.05, 0.1) is 87.9 Å². The van der Waals surface area contributed by atoms with Gasteiger partial charge in [0.15, 0.2) is 0 Å². The molecular weight excluding hydrogens is 1000 g/mol. The number of thioether (sulfide) groups is 2. The summed E-state index contributed by atoms with van der Waals surface area (Å²) >= 11 is 8.54. The lowest BCUT2D eigenvalue weighted by Crippen LogP contribution is -2.36. The van der Waals surface area contributed by atoms with Gasteiger partial charge in [0.1, 0.15) is 0 Å². The number of aliphatic imine (C=N–C) groups is 1. The number of benzene rings is 1. The smallest absolute Gasteiger partial charge is 0.315 e. The van der Waals surface area contributed by atoms with E-state index in [0.29, 0.717) is 147 Å². The van der Waals surface area contributed by atoms with Gasteiger partial charge < -0.3 is 71.0 Å². The van der Waals surface area contributed by atoms with Crippen LogP contribution in [-0.2, 0) is 38.0 Å². The monoisotopic (exact) mass is 1080 g/mol. The van der Waals surface area contributed by atoms with Crippen LogP contribution in [-0.4, -0.2) is 192 Å². The second kappa shape index (κ2) is 36.0. The number of nitrogens with zero attached hydrogens (tertiary/aromatic N) is 1. The fourth-order valence-corrected chi connectivity index (χ4v) is 11.8. The molecule has 4 aliphatic rings. The Bertz CT molecular complexity index is 1800. The molecule has 0 saturated carbocycles. The molecule has 408 valence electrons. The van der Waals surface area contributed by atoms with E-state index in [1.807, 2.05) is 23.5 Å². The molecule has 73 heavy (non-hydrogen) atoms. The molecular formula is C49H77N9O12S3. The van der Waals surface area contributed by atoms with E-state index in [1.54, 1.807) is 12.1 Å². The van der Waals surface area contributed by atoms with Crippen molar-refractivity contribution in [3.8, 4) is 0 Å². The molecule has 8 N–H and O–H groups in total. The lowest BCUT2D eigenvalue weighted by atomic mass is 10.0. The molecule has 0 radical (unpaired) electrons. The molecule has 8 amide bonds. The van der Waals surface area contributed by atoms with Crippen LogP contribution >= 0.6 is 35.7 Å². The second-order valence-electron chi connectivity index (χ2n) is 18.0. The van der Waals surface area contributed by atoms with E-state index in [2.05, 4.69) is 52.7 Å². The number of ether oxygens (including phenoxy) is 6. The Hall–Kier alpha value is -4.10. The Morgan fingerprint density at radius 2 is 0.890 bits per heavy atom. The zero-order valence-electron chi connectivity index (χ0n) is 42.0. The molecule has 1 aromatic carbocycles. The third-order valence-corrected chi connectivity index (χ3v) is 15.5. The van der Waals surface area contributed by atoms with Crippen LogP contribution in [0.15, 0.2) is 23.2 Å². The van der Waals surface area contributed by atoms with Gasteiger partial charge in [-0.05, 0) is 81.8 Å². The van der Waals surface area contributed by atoms with Crippen molar-refractivity contribution in [3.05, 3.63) is 29.3 Å². The minimum atomic E-state index is -0.358. The Morgan fingerprint density at radius 1 is 0.521 bits per heavy atom. The van der Waals surface area contributed by atoms with E-state index in [0.717, 1.165) is 62.9 Å². The van der Waals surface area contributed by atoms with Crippen molar-refractivity contribution >= 4 is 82.3 Å². The van der Waals surface area contributed by atoms with Gasteiger partial charge in [0.2, 0.25) is 11.8 Å². The van der Waals surface area contributed by atoms with Gasteiger partial charge in [-0.15, -0.1) is 0 Å². The fourth-order valence-electron chi connectivity index (χ4n) is 8.56. The second-order valence-corrected chi connectivity index (χ2v) is 20.7. The van der Waals surface area contributed by atoms with Crippen LogP contribution in [0.1, 0.15) is 97.8 Å². The van der Waals surface area contributed by atoms with Crippen molar-refractivity contribution in [1.29, 1.82) is 0 Å². The summed E-state index contributed by atoms with van der Waals surface area (Å²) in [6.07, 6.45) is 9.18. The average molecular weight is 1080 g/mol. The molecule has 24 heteroatoms. The Balaban J connectivity index is 0.756. The molecule has 0 spiro atoms. The summed E-state index contributed by atoms with van der Waals surface area (Å²) in [6, 6.07) is 5.33. The van der Waals surface area contributed by atoms with E-state index in [4.69, 9.17) is 40.6 Å². The number of thiocarbonyl (C=S) groups is 1. The van der Waals surface area contributed by atoms with E-state index >= 15 is 0 Å². The lowest BCUT2D eigenvalue weighted by Gasteiger charge is -2.16. The third-order valence-electron chi connectivity index (χ3n) is 12.3. The molecule has 4 heterocycles. The Labute approximate surface area is 443 Å². The first kappa shape index (κ1) is 59.8. The number of fused-ring (bicyclic) bond motifs is 2. The normalized spacial score (nSPS) is 20.5. The highest BCUT2D eigenvalue weighted by Gasteiger charge is 2.43. The largest absolute Gasteiger partial charge is 0.379 e. The number of urea groups is 2. The number of nitrogens with one attached hydrogen (secondary N) is 8.